The zero-order chi connectivity index (χ0) is 32.2. The number of nitrogens with zero attached hydrogens (tertiary/aromatic N) is 4. The van der Waals surface area contributed by atoms with Gasteiger partial charge in [0.2, 0.25) is 5.78 Å². The molecule has 1 aliphatic heterocycles. The molecule has 0 aliphatic carbocycles. The Morgan fingerprint density at radius 3 is 1.76 bits per heavy atom. The van der Waals surface area contributed by atoms with Crippen LogP contribution in [0.2, 0.25) is 0 Å². The molecular formula is C37H34N4O5. The highest BCUT2D eigenvalue weighted by molar-refractivity contribution is 6.13. The Labute approximate surface area is 266 Å². The molecule has 1 aromatic heterocycles. The topological polar surface area (TPSA) is 93.8 Å². The fraction of sp³-hybridized carbons (Fsp3) is 0.189. The summed E-state index contributed by atoms with van der Waals surface area (Å²) < 4.78 is 7.13. The van der Waals surface area contributed by atoms with Gasteiger partial charge in [0.25, 0.3) is 11.8 Å². The van der Waals surface area contributed by atoms with Crippen molar-refractivity contribution in [2.45, 2.75) is 13.5 Å². The van der Waals surface area contributed by atoms with Crippen molar-refractivity contribution in [3.8, 4) is 5.75 Å². The Kier molecular flexibility index (Phi) is 8.76. The maximum atomic E-state index is 14.4. The van der Waals surface area contributed by atoms with Crippen LogP contribution in [-0.4, -0.2) is 64.9 Å². The molecule has 9 nitrogen and oxygen atoms in total. The number of anilines is 1. The Morgan fingerprint density at radius 2 is 1.20 bits per heavy atom. The average Bonchev–Trinajstić information content (AvgIpc) is 3.39. The van der Waals surface area contributed by atoms with Gasteiger partial charge in [-0.2, -0.15) is 0 Å². The Balaban J connectivity index is 1.48. The maximum absolute atomic E-state index is 14.4. The smallest absolute Gasteiger partial charge is 0.343 e. The van der Waals surface area contributed by atoms with E-state index >= 15 is 0 Å². The molecule has 0 radical (unpaired) electrons. The molecule has 9 heteroatoms. The first-order valence-electron chi connectivity index (χ1n) is 15.1. The number of hydrogen-bond donors (Lipinski definition) is 0. The lowest BCUT2D eigenvalue weighted by Crippen LogP contribution is -2.46. The zero-order valence-corrected chi connectivity index (χ0v) is 25.8. The van der Waals surface area contributed by atoms with Gasteiger partial charge < -0.3 is 9.64 Å². The molecule has 46 heavy (non-hydrogen) atoms. The third-order valence-electron chi connectivity index (χ3n) is 8.37. The lowest BCUT2D eigenvalue weighted by atomic mass is 10.0. The molecular weight excluding hydrogens is 580 g/mol. The summed E-state index contributed by atoms with van der Waals surface area (Å²) in [7, 11) is 1.53. The van der Waals surface area contributed by atoms with Crippen LogP contribution in [0.25, 0.3) is 0 Å². The van der Waals surface area contributed by atoms with Crippen molar-refractivity contribution < 1.29 is 19.1 Å². The van der Waals surface area contributed by atoms with Gasteiger partial charge in [0, 0.05) is 55.1 Å². The Hall–Kier alpha value is -5.54. The normalized spacial score (nSPS) is 13.4. The van der Waals surface area contributed by atoms with Gasteiger partial charge in [-0.3, -0.25) is 19.3 Å². The lowest BCUT2D eigenvalue weighted by Gasteiger charge is -2.36. The van der Waals surface area contributed by atoms with Gasteiger partial charge in [0.1, 0.15) is 11.4 Å². The van der Waals surface area contributed by atoms with Crippen LogP contribution in [-0.2, 0) is 6.54 Å². The van der Waals surface area contributed by atoms with E-state index in [4.69, 9.17) is 4.74 Å². The zero-order valence-electron chi connectivity index (χ0n) is 25.8. The number of aryl methyl sites for hydroxylation is 1. The second kappa shape index (κ2) is 13.2. The van der Waals surface area contributed by atoms with E-state index in [1.54, 1.807) is 84.9 Å². The monoisotopic (exact) mass is 614 g/mol. The predicted octanol–water partition coefficient (Wildman–Crippen LogP) is 4.90. The summed E-state index contributed by atoms with van der Waals surface area (Å²) in [5.41, 5.74) is 2.25. The second-order valence-electron chi connectivity index (χ2n) is 11.2. The van der Waals surface area contributed by atoms with E-state index in [9.17, 15) is 19.2 Å². The van der Waals surface area contributed by atoms with Gasteiger partial charge in [-0.05, 0) is 67.1 Å². The van der Waals surface area contributed by atoms with Crippen molar-refractivity contribution in [2.75, 3.05) is 38.2 Å². The van der Waals surface area contributed by atoms with E-state index < -0.39 is 23.3 Å². The van der Waals surface area contributed by atoms with Crippen LogP contribution in [0.15, 0.2) is 114 Å². The minimum absolute atomic E-state index is 0.113. The van der Waals surface area contributed by atoms with E-state index in [2.05, 4.69) is 28.9 Å². The molecule has 1 saturated heterocycles. The van der Waals surface area contributed by atoms with Crippen molar-refractivity contribution in [3.63, 3.8) is 0 Å². The van der Waals surface area contributed by atoms with Crippen LogP contribution in [0, 0.1) is 6.92 Å². The highest BCUT2D eigenvalue weighted by Gasteiger charge is 2.34. The molecule has 0 bridgehead atoms. The summed E-state index contributed by atoms with van der Waals surface area (Å²) in [4.78, 5) is 61.1. The highest BCUT2D eigenvalue weighted by atomic mass is 16.5. The number of carbonyl (C=O) groups excluding carboxylic acids is 3. The molecule has 1 aliphatic rings. The summed E-state index contributed by atoms with van der Waals surface area (Å²) >= 11 is 0. The van der Waals surface area contributed by atoms with Gasteiger partial charge in [0.15, 0.2) is 0 Å². The van der Waals surface area contributed by atoms with Crippen molar-refractivity contribution in [3.05, 3.63) is 153 Å². The summed E-state index contributed by atoms with van der Waals surface area (Å²) in [6.07, 6.45) is 0. The number of ether oxygens (including phenoxy) is 1. The number of para-hydroxylation sites is 1. The molecule has 2 heterocycles. The number of benzene rings is 4. The van der Waals surface area contributed by atoms with Crippen LogP contribution in [0.3, 0.4) is 0 Å². The highest BCUT2D eigenvalue weighted by Crippen LogP contribution is 2.24. The number of piperazine rings is 1. The van der Waals surface area contributed by atoms with E-state index in [-0.39, 0.29) is 34.6 Å². The number of imidazole rings is 1. The van der Waals surface area contributed by atoms with Crippen LogP contribution in [0.4, 0.5) is 5.69 Å². The molecule has 0 saturated carbocycles. The quantitative estimate of drug-likeness (QED) is 0.230. The fourth-order valence-corrected chi connectivity index (χ4v) is 5.90. The summed E-state index contributed by atoms with van der Waals surface area (Å²) in [6.45, 7) is 4.87. The van der Waals surface area contributed by atoms with Crippen molar-refractivity contribution >= 4 is 23.3 Å². The molecule has 0 spiro atoms. The molecule has 4 aromatic carbocycles. The van der Waals surface area contributed by atoms with Gasteiger partial charge in [-0.25, -0.2) is 13.9 Å². The van der Waals surface area contributed by atoms with Gasteiger partial charge in [0.05, 0.1) is 12.8 Å². The van der Waals surface area contributed by atoms with E-state index in [1.807, 2.05) is 12.1 Å². The van der Waals surface area contributed by atoms with Gasteiger partial charge in [-0.15, -0.1) is 0 Å². The molecule has 0 unspecified atom stereocenters. The standard InChI is InChI=1S/C37H34N4O5/c1-26-11-9-10-16-31(26)39-23-21-38(22-24-39)25-32-33(34(42)27-17-19-30(46-2)20-18-27)41(36(44)29-14-7-4-8-15-29)37(45)40(32)35(43)28-12-5-3-6-13-28/h3-20H,21-25H2,1-2H3. The summed E-state index contributed by atoms with van der Waals surface area (Å²) in [5, 5.41) is 0. The molecule has 232 valence electrons. The Morgan fingerprint density at radius 1 is 0.652 bits per heavy atom. The number of carbonyl (C=O) groups is 3. The van der Waals surface area contributed by atoms with Gasteiger partial charge >= 0.3 is 5.69 Å². The SMILES string of the molecule is COc1ccc(C(=O)c2c(CN3CCN(c4ccccc4C)CC3)n(C(=O)c3ccccc3)c(=O)n2C(=O)c2ccccc2)cc1. The maximum Gasteiger partial charge on any atom is 0.343 e. The van der Waals surface area contributed by atoms with Crippen LogP contribution in [0.1, 0.15) is 48.0 Å². The number of rotatable bonds is 8. The third-order valence-corrected chi connectivity index (χ3v) is 8.37. The van der Waals surface area contributed by atoms with Gasteiger partial charge in [-0.1, -0.05) is 54.6 Å². The minimum atomic E-state index is -0.881. The largest absolute Gasteiger partial charge is 0.497 e. The lowest BCUT2D eigenvalue weighted by molar-refractivity contribution is 0.0925. The molecule has 1 fully saturated rings. The molecule has 0 N–H and O–H groups in total. The van der Waals surface area contributed by atoms with Crippen molar-refractivity contribution in [2.24, 2.45) is 0 Å². The molecule has 0 atom stereocenters. The number of aromatic nitrogens is 2. The average molecular weight is 615 g/mol. The molecule has 0 amide bonds. The third kappa shape index (κ3) is 5.92. The minimum Gasteiger partial charge on any atom is -0.497 e. The molecule has 5 aromatic rings. The van der Waals surface area contributed by atoms with E-state index in [0.717, 1.165) is 14.8 Å². The fourth-order valence-electron chi connectivity index (χ4n) is 5.90. The van der Waals surface area contributed by atoms with Crippen LogP contribution in [0.5, 0.6) is 5.75 Å². The summed E-state index contributed by atoms with van der Waals surface area (Å²) in [6, 6.07) is 31.4. The number of hydrogen-bond acceptors (Lipinski definition) is 7. The Bertz CT molecular complexity index is 1940. The first-order chi connectivity index (χ1) is 22.4. The first-order valence-corrected chi connectivity index (χ1v) is 15.1. The van der Waals surface area contributed by atoms with E-state index in [1.165, 1.54) is 12.7 Å². The first kappa shape index (κ1) is 30.5. The van der Waals surface area contributed by atoms with Crippen LogP contribution >= 0.6 is 0 Å². The van der Waals surface area contributed by atoms with Crippen molar-refractivity contribution in [1.29, 1.82) is 0 Å². The summed E-state index contributed by atoms with van der Waals surface area (Å²) in [5.74, 6) is -1.29. The molecule has 6 rings (SSSR count). The van der Waals surface area contributed by atoms with Crippen molar-refractivity contribution in [1.82, 2.24) is 14.0 Å². The van der Waals surface area contributed by atoms with E-state index in [0.29, 0.717) is 31.9 Å². The second-order valence-corrected chi connectivity index (χ2v) is 11.2. The predicted molar refractivity (Wildman–Crippen MR) is 176 cm³/mol. The van der Waals surface area contributed by atoms with Crippen LogP contribution < -0.4 is 15.3 Å². The number of ketones is 1. The number of methoxy groups -OCH3 is 1.